The zero-order valence-corrected chi connectivity index (χ0v) is 9.37. The van der Waals surface area contributed by atoms with E-state index in [1.54, 1.807) is 0 Å². The lowest BCUT2D eigenvalue weighted by Gasteiger charge is -2.32. The Balaban J connectivity index is 1.87. The summed E-state index contributed by atoms with van der Waals surface area (Å²) in [5, 5.41) is 3.53. The van der Waals surface area contributed by atoms with Crippen molar-refractivity contribution < 1.29 is 0 Å². The van der Waals surface area contributed by atoms with Crippen LogP contribution in [-0.2, 0) is 6.42 Å². The molecule has 0 radical (unpaired) electrons. The first-order valence-corrected chi connectivity index (χ1v) is 5.87. The minimum Gasteiger partial charge on any atom is -0.385 e. The van der Waals surface area contributed by atoms with Crippen molar-refractivity contribution in [2.45, 2.75) is 32.2 Å². The molecular formula is C13H20N2. The maximum atomic E-state index is 5.77. The second-order valence-corrected chi connectivity index (χ2v) is 4.49. The molecular weight excluding hydrogens is 184 g/mol. The molecule has 0 saturated heterocycles. The number of para-hydroxylation sites is 1. The van der Waals surface area contributed by atoms with E-state index in [9.17, 15) is 0 Å². The molecule has 0 unspecified atom stereocenters. The molecule has 2 heteroatoms. The van der Waals surface area contributed by atoms with Crippen LogP contribution < -0.4 is 11.1 Å². The van der Waals surface area contributed by atoms with Crippen LogP contribution in [0.2, 0.25) is 0 Å². The molecule has 0 heterocycles. The van der Waals surface area contributed by atoms with Crippen molar-refractivity contribution in [3.63, 3.8) is 0 Å². The fourth-order valence-corrected chi connectivity index (χ4v) is 2.21. The summed E-state index contributed by atoms with van der Waals surface area (Å²) in [7, 11) is 0. The van der Waals surface area contributed by atoms with E-state index in [2.05, 4.69) is 36.5 Å². The predicted molar refractivity (Wildman–Crippen MR) is 65.0 cm³/mol. The highest BCUT2D eigenvalue weighted by Gasteiger charge is 2.25. The van der Waals surface area contributed by atoms with E-state index in [1.807, 2.05) is 0 Å². The van der Waals surface area contributed by atoms with Gasteiger partial charge in [-0.2, -0.15) is 0 Å². The molecule has 3 N–H and O–H groups in total. The van der Waals surface area contributed by atoms with E-state index in [0.29, 0.717) is 6.04 Å². The largest absolute Gasteiger partial charge is 0.385 e. The summed E-state index contributed by atoms with van der Waals surface area (Å²) >= 11 is 0. The summed E-state index contributed by atoms with van der Waals surface area (Å²) in [6, 6.07) is 9.00. The molecule has 1 aromatic rings. The van der Waals surface area contributed by atoms with Gasteiger partial charge < -0.3 is 11.1 Å². The number of nitrogens with one attached hydrogen (secondary N) is 1. The van der Waals surface area contributed by atoms with Crippen molar-refractivity contribution in [1.29, 1.82) is 0 Å². The summed E-state index contributed by atoms with van der Waals surface area (Å²) < 4.78 is 0. The Bertz CT molecular complexity index is 316. The van der Waals surface area contributed by atoms with Crippen molar-refractivity contribution in [2.75, 3.05) is 11.9 Å². The Morgan fingerprint density at radius 1 is 1.33 bits per heavy atom. The van der Waals surface area contributed by atoms with Crippen molar-refractivity contribution in [2.24, 2.45) is 11.7 Å². The molecule has 0 aliphatic heterocycles. The third-order valence-corrected chi connectivity index (χ3v) is 3.25. The van der Waals surface area contributed by atoms with Crippen LogP contribution in [0.4, 0.5) is 5.69 Å². The average Bonchev–Trinajstić information content (AvgIpc) is 2.23. The monoisotopic (exact) mass is 204 g/mol. The average molecular weight is 204 g/mol. The lowest BCUT2D eigenvalue weighted by atomic mass is 9.81. The number of hydrogen-bond acceptors (Lipinski definition) is 2. The van der Waals surface area contributed by atoms with Crippen LogP contribution in [0.25, 0.3) is 0 Å². The Hall–Kier alpha value is -1.02. The lowest BCUT2D eigenvalue weighted by molar-refractivity contribution is 0.280. The molecule has 0 amide bonds. The molecule has 1 saturated carbocycles. The Labute approximate surface area is 91.9 Å². The minimum absolute atomic E-state index is 0.457. The van der Waals surface area contributed by atoms with Crippen molar-refractivity contribution in [1.82, 2.24) is 0 Å². The van der Waals surface area contributed by atoms with Gasteiger partial charge in [-0.05, 0) is 36.8 Å². The van der Waals surface area contributed by atoms with Gasteiger partial charge in [0.2, 0.25) is 0 Å². The molecule has 82 valence electrons. The van der Waals surface area contributed by atoms with E-state index in [1.165, 1.54) is 24.1 Å². The summed E-state index contributed by atoms with van der Waals surface area (Å²) in [6.07, 6.45) is 3.45. The molecule has 0 atom stereocenters. The van der Waals surface area contributed by atoms with Crippen LogP contribution in [-0.4, -0.2) is 12.6 Å². The standard InChI is InChI=1S/C13H20N2/c1-2-11-5-3-4-6-13(11)15-9-10-7-12(14)8-10/h3-6,10,12,15H,2,7-9,14H2,1H3. The predicted octanol–water partition coefficient (Wildman–Crippen LogP) is 2.40. The number of nitrogens with two attached hydrogens (primary N) is 1. The van der Waals surface area contributed by atoms with Gasteiger partial charge >= 0.3 is 0 Å². The van der Waals surface area contributed by atoms with E-state index in [-0.39, 0.29) is 0 Å². The molecule has 15 heavy (non-hydrogen) atoms. The van der Waals surface area contributed by atoms with Crippen molar-refractivity contribution >= 4 is 5.69 Å². The summed E-state index contributed by atoms with van der Waals surface area (Å²) in [6.45, 7) is 3.27. The number of rotatable bonds is 4. The molecule has 0 spiro atoms. The quantitative estimate of drug-likeness (QED) is 0.790. The van der Waals surface area contributed by atoms with Crippen molar-refractivity contribution in [3.8, 4) is 0 Å². The first kappa shape index (κ1) is 10.5. The van der Waals surface area contributed by atoms with Gasteiger partial charge in [-0.3, -0.25) is 0 Å². The highest BCUT2D eigenvalue weighted by atomic mass is 14.9. The SMILES string of the molecule is CCc1ccccc1NCC1CC(N)C1. The summed E-state index contributed by atoms with van der Waals surface area (Å²) in [4.78, 5) is 0. The molecule has 0 bridgehead atoms. The van der Waals surface area contributed by atoms with Gasteiger partial charge in [-0.1, -0.05) is 25.1 Å². The van der Waals surface area contributed by atoms with Crippen LogP contribution in [0.5, 0.6) is 0 Å². The van der Waals surface area contributed by atoms with E-state index < -0.39 is 0 Å². The maximum absolute atomic E-state index is 5.77. The van der Waals surface area contributed by atoms with E-state index in [0.717, 1.165) is 18.9 Å². The first-order valence-electron chi connectivity index (χ1n) is 5.87. The van der Waals surface area contributed by atoms with Gasteiger partial charge in [0.05, 0.1) is 0 Å². The highest BCUT2D eigenvalue weighted by molar-refractivity contribution is 5.51. The molecule has 1 fully saturated rings. The Kier molecular flexibility index (Phi) is 3.27. The second-order valence-electron chi connectivity index (χ2n) is 4.49. The van der Waals surface area contributed by atoms with Gasteiger partial charge in [0, 0.05) is 18.3 Å². The molecule has 2 rings (SSSR count). The topological polar surface area (TPSA) is 38.0 Å². The molecule has 1 aliphatic rings. The molecule has 0 aromatic heterocycles. The number of aryl methyl sites for hydroxylation is 1. The number of hydrogen-bond donors (Lipinski definition) is 2. The Morgan fingerprint density at radius 2 is 2.07 bits per heavy atom. The normalized spacial score (nSPS) is 24.7. The zero-order valence-electron chi connectivity index (χ0n) is 9.37. The van der Waals surface area contributed by atoms with Crippen LogP contribution in [0.15, 0.2) is 24.3 Å². The molecule has 2 nitrogen and oxygen atoms in total. The summed E-state index contributed by atoms with van der Waals surface area (Å²) in [5.41, 5.74) is 8.46. The van der Waals surface area contributed by atoms with Gasteiger partial charge in [0.25, 0.3) is 0 Å². The molecule has 1 aromatic carbocycles. The van der Waals surface area contributed by atoms with Gasteiger partial charge in [-0.25, -0.2) is 0 Å². The smallest absolute Gasteiger partial charge is 0.0372 e. The van der Waals surface area contributed by atoms with Crippen LogP contribution in [0.3, 0.4) is 0 Å². The van der Waals surface area contributed by atoms with E-state index >= 15 is 0 Å². The highest BCUT2D eigenvalue weighted by Crippen LogP contribution is 2.26. The minimum atomic E-state index is 0.457. The van der Waals surface area contributed by atoms with Crippen LogP contribution in [0.1, 0.15) is 25.3 Å². The van der Waals surface area contributed by atoms with Crippen molar-refractivity contribution in [3.05, 3.63) is 29.8 Å². The number of benzene rings is 1. The maximum Gasteiger partial charge on any atom is 0.0372 e. The first-order chi connectivity index (χ1) is 7.29. The fraction of sp³-hybridized carbons (Fsp3) is 0.538. The molecule has 1 aliphatic carbocycles. The van der Waals surface area contributed by atoms with Gasteiger partial charge in [0.1, 0.15) is 0 Å². The van der Waals surface area contributed by atoms with E-state index in [4.69, 9.17) is 5.73 Å². The lowest BCUT2D eigenvalue weighted by Crippen LogP contribution is -2.39. The van der Waals surface area contributed by atoms with Gasteiger partial charge in [-0.15, -0.1) is 0 Å². The third kappa shape index (κ3) is 2.51. The van der Waals surface area contributed by atoms with Gasteiger partial charge in [0.15, 0.2) is 0 Å². The fourth-order valence-electron chi connectivity index (χ4n) is 2.21. The number of anilines is 1. The third-order valence-electron chi connectivity index (χ3n) is 3.25. The zero-order chi connectivity index (χ0) is 10.7. The van der Waals surface area contributed by atoms with Crippen LogP contribution >= 0.6 is 0 Å². The van der Waals surface area contributed by atoms with Crippen LogP contribution in [0, 0.1) is 5.92 Å². The second kappa shape index (κ2) is 4.67. The summed E-state index contributed by atoms with van der Waals surface area (Å²) in [5.74, 6) is 0.782. The Morgan fingerprint density at radius 3 is 2.73 bits per heavy atom.